The number of nitrogens with zero attached hydrogens (tertiary/aromatic N) is 2. The molecule has 2 aromatic rings. The van der Waals surface area contributed by atoms with Crippen LogP contribution in [-0.2, 0) is 12.8 Å². The molecule has 1 fully saturated rings. The monoisotopic (exact) mass is 389 g/mol. The Labute approximate surface area is 164 Å². The Morgan fingerprint density at radius 1 is 1.12 bits per heavy atom. The highest BCUT2D eigenvalue weighted by Crippen LogP contribution is 2.32. The Kier molecular flexibility index (Phi) is 6.14. The number of benzene rings is 1. The number of aromatic nitrogens is 1. The predicted molar refractivity (Wildman–Crippen MR) is 112 cm³/mol. The number of nitrogens with two attached hydrogens (primary N) is 1. The summed E-state index contributed by atoms with van der Waals surface area (Å²) in [6.07, 6.45) is 6.32. The lowest BCUT2D eigenvalue weighted by atomic mass is 10.0. The molecule has 0 atom stereocenters. The van der Waals surface area contributed by atoms with Crippen LogP contribution in [0.1, 0.15) is 60.3 Å². The summed E-state index contributed by atoms with van der Waals surface area (Å²) in [5.74, 6) is 0.524. The Balaban J connectivity index is 2.07. The molecule has 6 heteroatoms. The molecule has 1 aromatic heterocycles. The van der Waals surface area contributed by atoms with Gasteiger partial charge in [-0.3, -0.25) is 9.36 Å². The molecule has 1 aliphatic rings. The maximum atomic E-state index is 13.1. The van der Waals surface area contributed by atoms with Crippen LogP contribution in [0.15, 0.2) is 18.2 Å². The summed E-state index contributed by atoms with van der Waals surface area (Å²) < 4.78 is 2.57. The van der Waals surface area contributed by atoms with Crippen molar-refractivity contribution >= 4 is 35.3 Å². The highest BCUT2D eigenvalue weighted by molar-refractivity contribution is 7.73. The van der Waals surface area contributed by atoms with Gasteiger partial charge in [0.25, 0.3) is 5.91 Å². The third kappa shape index (κ3) is 3.58. The fourth-order valence-corrected chi connectivity index (χ4v) is 4.98. The van der Waals surface area contributed by atoms with Crippen LogP contribution in [0.5, 0.6) is 0 Å². The van der Waals surface area contributed by atoms with E-state index < -0.39 is 0 Å². The Morgan fingerprint density at radius 2 is 1.69 bits per heavy atom. The van der Waals surface area contributed by atoms with Crippen molar-refractivity contribution in [3.63, 3.8) is 0 Å². The van der Waals surface area contributed by atoms with Crippen LogP contribution in [0.4, 0.5) is 5.82 Å². The molecule has 0 saturated carbocycles. The van der Waals surface area contributed by atoms with Crippen molar-refractivity contribution in [2.75, 3.05) is 18.8 Å². The zero-order valence-corrected chi connectivity index (χ0v) is 17.2. The zero-order valence-electron chi connectivity index (χ0n) is 15.6. The number of likely N-dealkylation sites (tertiary alicyclic amines) is 1. The topological polar surface area (TPSA) is 51.3 Å². The van der Waals surface area contributed by atoms with Crippen LogP contribution in [0.3, 0.4) is 0 Å². The van der Waals surface area contributed by atoms with Gasteiger partial charge in [0, 0.05) is 13.1 Å². The van der Waals surface area contributed by atoms with E-state index in [9.17, 15) is 4.79 Å². The molecule has 0 spiro atoms. The molecule has 0 aliphatic carbocycles. The van der Waals surface area contributed by atoms with Crippen molar-refractivity contribution in [3.05, 3.63) is 38.2 Å². The summed E-state index contributed by atoms with van der Waals surface area (Å²) >= 11 is 6.98. The van der Waals surface area contributed by atoms with Gasteiger partial charge in [0.05, 0.1) is 5.69 Å². The van der Waals surface area contributed by atoms with Gasteiger partial charge in [0.15, 0.2) is 3.95 Å². The van der Waals surface area contributed by atoms with Crippen LogP contribution in [-0.4, -0.2) is 28.5 Å². The molecule has 2 heterocycles. The van der Waals surface area contributed by atoms with Crippen LogP contribution < -0.4 is 5.73 Å². The number of nitrogen functional groups attached to an aromatic ring is 1. The molecule has 140 valence electrons. The van der Waals surface area contributed by atoms with Crippen LogP contribution in [0.25, 0.3) is 5.69 Å². The normalized spacial score (nSPS) is 15.1. The Morgan fingerprint density at radius 3 is 2.23 bits per heavy atom. The standard InChI is InChI=1S/C20H27N3OS2/c1-3-14-10-9-11-15(4-2)16(14)23-18(21)17(26-20(23)25)19(24)22-12-7-5-6-8-13-22/h9-11H,3-8,12-13,21H2,1-2H3. The third-order valence-electron chi connectivity index (χ3n) is 5.12. The second-order valence-electron chi connectivity index (χ2n) is 6.76. The minimum atomic E-state index is 0.0336. The summed E-state index contributed by atoms with van der Waals surface area (Å²) in [6, 6.07) is 6.31. The minimum Gasteiger partial charge on any atom is -0.383 e. The summed E-state index contributed by atoms with van der Waals surface area (Å²) in [7, 11) is 0. The van der Waals surface area contributed by atoms with Crippen LogP contribution >= 0.6 is 23.6 Å². The summed E-state index contributed by atoms with van der Waals surface area (Å²) in [6.45, 7) is 5.89. The molecular weight excluding hydrogens is 362 g/mol. The number of aryl methyl sites for hydroxylation is 2. The van der Waals surface area contributed by atoms with Crippen molar-refractivity contribution in [1.29, 1.82) is 0 Å². The number of anilines is 1. The number of amides is 1. The van der Waals surface area contributed by atoms with E-state index in [1.165, 1.54) is 35.3 Å². The second-order valence-corrected chi connectivity index (χ2v) is 8.40. The number of carbonyl (C=O) groups excluding carboxylic acids is 1. The summed E-state index contributed by atoms with van der Waals surface area (Å²) in [4.78, 5) is 15.6. The first kappa shape index (κ1) is 19.1. The van der Waals surface area contributed by atoms with E-state index in [4.69, 9.17) is 18.0 Å². The number of thiazole rings is 1. The Bertz CT molecular complexity index is 823. The van der Waals surface area contributed by atoms with Gasteiger partial charge in [-0.15, -0.1) is 0 Å². The molecule has 1 saturated heterocycles. The van der Waals surface area contributed by atoms with E-state index >= 15 is 0 Å². The quantitative estimate of drug-likeness (QED) is 0.749. The molecule has 3 rings (SSSR count). The smallest absolute Gasteiger partial charge is 0.267 e. The van der Waals surface area contributed by atoms with E-state index in [0.717, 1.165) is 44.5 Å². The summed E-state index contributed by atoms with van der Waals surface area (Å²) in [5, 5.41) is 0. The molecule has 0 unspecified atom stereocenters. The van der Waals surface area contributed by atoms with Crippen molar-refractivity contribution in [2.24, 2.45) is 0 Å². The first-order valence-electron chi connectivity index (χ1n) is 9.50. The van der Waals surface area contributed by atoms with Gasteiger partial charge in [0.2, 0.25) is 0 Å². The number of hydrogen-bond donors (Lipinski definition) is 1. The van der Waals surface area contributed by atoms with Gasteiger partial charge >= 0.3 is 0 Å². The molecule has 2 N–H and O–H groups in total. The van der Waals surface area contributed by atoms with Gasteiger partial charge in [-0.1, -0.05) is 56.2 Å². The lowest BCUT2D eigenvalue weighted by Gasteiger charge is -2.20. The van der Waals surface area contributed by atoms with Gasteiger partial charge in [-0.25, -0.2) is 0 Å². The van der Waals surface area contributed by atoms with E-state index in [-0.39, 0.29) is 5.91 Å². The SMILES string of the molecule is CCc1cccc(CC)c1-n1c(N)c(C(=O)N2CCCCCC2)sc1=S. The lowest BCUT2D eigenvalue weighted by molar-refractivity contribution is 0.0767. The molecule has 1 aromatic carbocycles. The maximum Gasteiger partial charge on any atom is 0.267 e. The zero-order chi connectivity index (χ0) is 18.7. The fourth-order valence-electron chi connectivity index (χ4n) is 3.67. The van der Waals surface area contributed by atoms with Crippen molar-refractivity contribution < 1.29 is 4.79 Å². The molecule has 0 radical (unpaired) electrons. The number of rotatable bonds is 4. The first-order valence-corrected chi connectivity index (χ1v) is 10.7. The Hall–Kier alpha value is -1.66. The average molecular weight is 390 g/mol. The largest absolute Gasteiger partial charge is 0.383 e. The molecule has 1 aliphatic heterocycles. The van der Waals surface area contributed by atoms with Crippen LogP contribution in [0.2, 0.25) is 0 Å². The third-order valence-corrected chi connectivity index (χ3v) is 6.50. The van der Waals surface area contributed by atoms with E-state index in [1.807, 2.05) is 9.47 Å². The van der Waals surface area contributed by atoms with E-state index in [0.29, 0.717) is 14.6 Å². The first-order chi connectivity index (χ1) is 12.6. The van der Waals surface area contributed by atoms with Crippen LogP contribution in [0, 0.1) is 3.95 Å². The number of carbonyl (C=O) groups is 1. The highest BCUT2D eigenvalue weighted by Gasteiger charge is 2.25. The van der Waals surface area contributed by atoms with Crippen molar-refractivity contribution in [3.8, 4) is 5.69 Å². The van der Waals surface area contributed by atoms with E-state index in [1.54, 1.807) is 0 Å². The molecule has 4 nitrogen and oxygen atoms in total. The molecule has 26 heavy (non-hydrogen) atoms. The second kappa shape index (κ2) is 8.35. The van der Waals surface area contributed by atoms with Gasteiger partial charge < -0.3 is 10.6 Å². The number of para-hydroxylation sites is 1. The van der Waals surface area contributed by atoms with Crippen molar-refractivity contribution in [1.82, 2.24) is 9.47 Å². The number of hydrogen-bond acceptors (Lipinski definition) is 4. The predicted octanol–water partition coefficient (Wildman–Crippen LogP) is 4.99. The van der Waals surface area contributed by atoms with Crippen molar-refractivity contribution in [2.45, 2.75) is 52.4 Å². The summed E-state index contributed by atoms with van der Waals surface area (Å²) in [5.41, 5.74) is 9.96. The molecule has 1 amide bonds. The van der Waals surface area contributed by atoms with Gasteiger partial charge in [-0.2, -0.15) is 0 Å². The highest BCUT2D eigenvalue weighted by atomic mass is 32.1. The molecule has 0 bridgehead atoms. The average Bonchev–Trinajstić information content (AvgIpc) is 2.85. The van der Waals surface area contributed by atoms with E-state index in [2.05, 4.69) is 32.0 Å². The lowest BCUT2D eigenvalue weighted by Crippen LogP contribution is -2.31. The minimum absolute atomic E-state index is 0.0336. The fraction of sp³-hybridized carbons (Fsp3) is 0.500. The maximum absolute atomic E-state index is 13.1. The molecular formula is C20H27N3OS2. The van der Waals surface area contributed by atoms with Gasteiger partial charge in [0.1, 0.15) is 10.7 Å². The van der Waals surface area contributed by atoms with Gasteiger partial charge in [-0.05, 0) is 49.0 Å².